The molecule has 6 nitrogen and oxygen atoms in total. The molecule has 0 radical (unpaired) electrons. The highest BCUT2D eigenvalue weighted by Gasteiger charge is 2.15. The molecule has 0 fully saturated rings. The number of ether oxygens (including phenoxy) is 1. The predicted octanol–water partition coefficient (Wildman–Crippen LogP) is 3.50. The molecule has 142 valence electrons. The fraction of sp³-hybridized carbons (Fsp3) is 0.0455. The molecule has 0 amide bonds. The third-order valence-electron chi connectivity index (χ3n) is 4.64. The molecule has 0 atom stereocenters. The second kappa shape index (κ2) is 6.72. The lowest BCUT2D eigenvalue weighted by atomic mass is 10.1. The van der Waals surface area contributed by atoms with E-state index in [9.17, 15) is 9.59 Å². The number of hydrogen-bond acceptors (Lipinski definition) is 6. The number of aromatic nitrogens is 2. The molecule has 0 unspecified atom stereocenters. The SMILES string of the molecule is COC(=O)c1ccccc1-c1ccc(/C=c2\sc3nc4ccccc4n3c2=O)o1. The molecule has 0 aliphatic carbocycles. The second-order valence-electron chi connectivity index (χ2n) is 6.37. The zero-order valence-corrected chi connectivity index (χ0v) is 16.1. The number of methoxy groups -OCH3 is 1. The van der Waals surface area contributed by atoms with E-state index in [2.05, 4.69) is 4.98 Å². The maximum Gasteiger partial charge on any atom is 0.338 e. The molecule has 0 aliphatic rings. The van der Waals surface area contributed by atoms with E-state index in [-0.39, 0.29) is 5.56 Å². The van der Waals surface area contributed by atoms with Crippen LogP contribution in [0.4, 0.5) is 0 Å². The van der Waals surface area contributed by atoms with Crippen LogP contribution in [0.3, 0.4) is 0 Å². The summed E-state index contributed by atoms with van der Waals surface area (Å²) in [6, 6.07) is 18.1. The van der Waals surface area contributed by atoms with Gasteiger partial charge in [-0.2, -0.15) is 0 Å². The van der Waals surface area contributed by atoms with Gasteiger partial charge in [0.25, 0.3) is 5.56 Å². The Balaban J connectivity index is 1.61. The zero-order chi connectivity index (χ0) is 20.0. The van der Waals surface area contributed by atoms with Crippen LogP contribution in [0.2, 0.25) is 0 Å². The Bertz CT molecular complexity index is 1490. The highest BCUT2D eigenvalue weighted by atomic mass is 32.1. The number of carbonyl (C=O) groups is 1. The van der Waals surface area contributed by atoms with Gasteiger partial charge in [-0.3, -0.25) is 4.79 Å². The predicted molar refractivity (Wildman–Crippen MR) is 111 cm³/mol. The summed E-state index contributed by atoms with van der Waals surface area (Å²) in [7, 11) is 1.34. The highest BCUT2D eigenvalue weighted by molar-refractivity contribution is 7.15. The molecule has 0 N–H and O–H groups in total. The number of carbonyl (C=O) groups excluding carboxylic acids is 1. The first-order valence-corrected chi connectivity index (χ1v) is 9.66. The number of nitrogens with zero attached hydrogens (tertiary/aromatic N) is 2. The van der Waals surface area contributed by atoms with Crippen molar-refractivity contribution in [1.82, 2.24) is 9.38 Å². The number of hydrogen-bond donors (Lipinski definition) is 0. The van der Waals surface area contributed by atoms with Crippen LogP contribution >= 0.6 is 11.3 Å². The molecule has 0 saturated carbocycles. The van der Waals surface area contributed by atoms with Crippen LogP contribution in [0.15, 0.2) is 69.9 Å². The minimum absolute atomic E-state index is 0.133. The standard InChI is InChI=1S/C22H14N2O4S/c1-27-21(26)15-7-3-2-6-14(15)18-11-10-13(28-18)12-19-20(25)24-17-9-5-4-8-16(17)23-22(24)29-19/h2-12H,1H3/b19-12-. The third-order valence-corrected chi connectivity index (χ3v) is 5.61. The van der Waals surface area contributed by atoms with E-state index in [1.165, 1.54) is 18.4 Å². The molecule has 2 aromatic carbocycles. The Hall–Kier alpha value is -3.71. The highest BCUT2D eigenvalue weighted by Crippen LogP contribution is 2.26. The first kappa shape index (κ1) is 17.4. The second-order valence-corrected chi connectivity index (χ2v) is 7.38. The normalized spacial score (nSPS) is 12.1. The maximum absolute atomic E-state index is 12.9. The number of para-hydroxylation sites is 2. The Labute approximate surface area is 168 Å². The van der Waals surface area contributed by atoms with Crippen LogP contribution in [-0.2, 0) is 4.74 Å². The lowest BCUT2D eigenvalue weighted by molar-refractivity contribution is 0.0601. The van der Waals surface area contributed by atoms with Crippen LogP contribution in [0, 0.1) is 0 Å². The lowest BCUT2D eigenvalue weighted by Gasteiger charge is -2.04. The molecule has 5 rings (SSSR count). The number of esters is 1. The van der Waals surface area contributed by atoms with Gasteiger partial charge < -0.3 is 9.15 Å². The van der Waals surface area contributed by atoms with E-state index in [0.29, 0.717) is 32.1 Å². The van der Waals surface area contributed by atoms with Gasteiger partial charge in [-0.15, -0.1) is 0 Å². The first-order valence-electron chi connectivity index (χ1n) is 8.85. The van der Waals surface area contributed by atoms with Crippen molar-refractivity contribution in [3.8, 4) is 11.3 Å². The lowest BCUT2D eigenvalue weighted by Crippen LogP contribution is -2.22. The molecule has 3 aromatic heterocycles. The van der Waals surface area contributed by atoms with Gasteiger partial charge in [0.05, 0.1) is 23.7 Å². The van der Waals surface area contributed by atoms with Crippen molar-refractivity contribution in [2.75, 3.05) is 7.11 Å². The van der Waals surface area contributed by atoms with Crippen molar-refractivity contribution < 1.29 is 13.9 Å². The summed E-state index contributed by atoms with van der Waals surface area (Å²) in [5, 5.41) is 0. The van der Waals surface area contributed by atoms with Gasteiger partial charge in [0, 0.05) is 11.6 Å². The van der Waals surface area contributed by atoms with Crippen LogP contribution in [0.1, 0.15) is 16.1 Å². The first-order chi connectivity index (χ1) is 14.2. The number of imidazole rings is 1. The molecular formula is C22H14N2O4S. The van der Waals surface area contributed by atoms with Crippen LogP contribution < -0.4 is 10.1 Å². The fourth-order valence-corrected chi connectivity index (χ4v) is 4.27. The average molecular weight is 402 g/mol. The van der Waals surface area contributed by atoms with Crippen molar-refractivity contribution >= 4 is 39.4 Å². The minimum Gasteiger partial charge on any atom is -0.465 e. The fourth-order valence-electron chi connectivity index (χ4n) is 3.30. The summed E-state index contributed by atoms with van der Waals surface area (Å²) in [5.41, 5.74) is 2.50. The third kappa shape index (κ3) is 2.83. The van der Waals surface area contributed by atoms with Gasteiger partial charge in [-0.05, 0) is 30.3 Å². The van der Waals surface area contributed by atoms with Crippen molar-refractivity contribution in [1.29, 1.82) is 0 Å². The smallest absolute Gasteiger partial charge is 0.338 e. The van der Waals surface area contributed by atoms with Crippen molar-refractivity contribution in [2.24, 2.45) is 0 Å². The molecule has 0 aliphatic heterocycles. The Morgan fingerprint density at radius 2 is 1.90 bits per heavy atom. The van der Waals surface area contributed by atoms with Crippen LogP contribution in [-0.4, -0.2) is 22.5 Å². The van der Waals surface area contributed by atoms with E-state index in [1.54, 1.807) is 40.8 Å². The summed E-state index contributed by atoms with van der Waals surface area (Å²) in [5.74, 6) is 0.609. The molecule has 7 heteroatoms. The van der Waals surface area contributed by atoms with E-state index in [0.717, 1.165) is 11.0 Å². The van der Waals surface area contributed by atoms with E-state index >= 15 is 0 Å². The summed E-state index contributed by atoms with van der Waals surface area (Å²) >= 11 is 1.31. The topological polar surface area (TPSA) is 73.8 Å². The maximum atomic E-state index is 12.9. The quantitative estimate of drug-likeness (QED) is 0.432. The molecule has 5 aromatic rings. The Morgan fingerprint density at radius 3 is 2.76 bits per heavy atom. The van der Waals surface area contributed by atoms with Gasteiger partial charge >= 0.3 is 5.97 Å². The van der Waals surface area contributed by atoms with E-state index in [4.69, 9.17) is 9.15 Å². The van der Waals surface area contributed by atoms with Gasteiger partial charge in [0.15, 0.2) is 4.96 Å². The summed E-state index contributed by atoms with van der Waals surface area (Å²) in [6.07, 6.45) is 1.70. The number of fused-ring (bicyclic) bond motifs is 3. The average Bonchev–Trinajstić information content (AvgIpc) is 3.43. The number of thiazole rings is 1. The van der Waals surface area contributed by atoms with Gasteiger partial charge in [0.1, 0.15) is 16.1 Å². The van der Waals surface area contributed by atoms with Crippen molar-refractivity contribution in [2.45, 2.75) is 0 Å². The molecule has 3 heterocycles. The van der Waals surface area contributed by atoms with Gasteiger partial charge in [0.2, 0.25) is 0 Å². The minimum atomic E-state index is -0.435. The molecular weight excluding hydrogens is 388 g/mol. The largest absolute Gasteiger partial charge is 0.465 e. The van der Waals surface area contributed by atoms with Crippen LogP contribution in [0.25, 0.3) is 33.4 Å². The van der Waals surface area contributed by atoms with Crippen LogP contribution in [0.5, 0.6) is 0 Å². The Kier molecular flexibility index (Phi) is 4.03. The Morgan fingerprint density at radius 1 is 1.10 bits per heavy atom. The molecule has 0 bridgehead atoms. The molecule has 29 heavy (non-hydrogen) atoms. The molecule has 0 saturated heterocycles. The molecule has 0 spiro atoms. The van der Waals surface area contributed by atoms with E-state index in [1.807, 2.05) is 30.3 Å². The van der Waals surface area contributed by atoms with Gasteiger partial charge in [-0.25, -0.2) is 14.2 Å². The zero-order valence-electron chi connectivity index (χ0n) is 15.3. The summed E-state index contributed by atoms with van der Waals surface area (Å²) in [6.45, 7) is 0. The summed E-state index contributed by atoms with van der Waals surface area (Å²) < 4.78 is 12.9. The van der Waals surface area contributed by atoms with Gasteiger partial charge in [-0.1, -0.05) is 41.7 Å². The summed E-state index contributed by atoms with van der Waals surface area (Å²) in [4.78, 5) is 30.0. The number of furan rings is 1. The van der Waals surface area contributed by atoms with Crippen molar-refractivity contribution in [3.63, 3.8) is 0 Å². The van der Waals surface area contributed by atoms with Crippen molar-refractivity contribution in [3.05, 3.63) is 86.9 Å². The monoisotopic (exact) mass is 402 g/mol. The number of benzene rings is 2. The number of rotatable bonds is 3. The van der Waals surface area contributed by atoms with E-state index < -0.39 is 5.97 Å².